The number of ether oxygens (including phenoxy) is 3. The summed E-state index contributed by atoms with van der Waals surface area (Å²) in [5, 5.41) is 1.56. The Balaban J connectivity index is 2.01. The Morgan fingerprint density at radius 2 is 1.87 bits per heavy atom. The Morgan fingerprint density at radius 1 is 1.07 bits per heavy atom. The van der Waals surface area contributed by atoms with Crippen LogP contribution < -0.4 is 15.2 Å². The number of fused-ring (bicyclic) bond motifs is 1. The van der Waals surface area contributed by atoms with Crippen molar-refractivity contribution < 1.29 is 23.8 Å². The van der Waals surface area contributed by atoms with E-state index in [1.807, 2.05) is 38.1 Å². The Kier molecular flexibility index (Phi) is 6.51. The van der Waals surface area contributed by atoms with Crippen LogP contribution in [0.1, 0.15) is 34.0 Å². The molecule has 0 saturated heterocycles. The zero-order valence-electron chi connectivity index (χ0n) is 17.2. The van der Waals surface area contributed by atoms with Gasteiger partial charge in [-0.1, -0.05) is 24.3 Å². The highest BCUT2D eigenvalue weighted by molar-refractivity contribution is 6.17. The van der Waals surface area contributed by atoms with E-state index in [1.165, 1.54) is 0 Å². The molecule has 0 saturated carbocycles. The molecule has 0 bridgehead atoms. The van der Waals surface area contributed by atoms with Crippen LogP contribution in [0.3, 0.4) is 0 Å². The number of ketones is 1. The molecule has 0 radical (unpaired) electrons. The van der Waals surface area contributed by atoms with Gasteiger partial charge in [-0.15, -0.1) is 0 Å². The van der Waals surface area contributed by atoms with Crippen LogP contribution in [0, 0.1) is 6.92 Å². The van der Waals surface area contributed by atoms with Crippen LogP contribution in [0.5, 0.6) is 11.6 Å². The first-order valence-electron chi connectivity index (χ1n) is 9.61. The van der Waals surface area contributed by atoms with Crippen LogP contribution in [0.25, 0.3) is 10.8 Å². The second-order valence-electron chi connectivity index (χ2n) is 6.63. The van der Waals surface area contributed by atoms with Crippen LogP contribution in [-0.2, 0) is 11.2 Å². The van der Waals surface area contributed by atoms with Gasteiger partial charge < -0.3 is 19.9 Å². The fourth-order valence-corrected chi connectivity index (χ4v) is 3.51. The SMILES string of the molecule is CCOc1nccc2c(C(=O)c3ccc(CCOC(N)=O)c(OC)c3C)cccc12. The van der Waals surface area contributed by atoms with Crippen LogP contribution in [-0.4, -0.2) is 37.2 Å². The highest BCUT2D eigenvalue weighted by atomic mass is 16.5. The minimum absolute atomic E-state index is 0.120. The number of benzene rings is 2. The van der Waals surface area contributed by atoms with Crippen molar-refractivity contribution in [3.05, 3.63) is 64.8 Å². The van der Waals surface area contributed by atoms with Gasteiger partial charge in [-0.25, -0.2) is 9.78 Å². The number of carbonyl (C=O) groups is 2. The van der Waals surface area contributed by atoms with Gasteiger partial charge >= 0.3 is 6.09 Å². The van der Waals surface area contributed by atoms with Crippen molar-refractivity contribution >= 4 is 22.6 Å². The monoisotopic (exact) mass is 408 g/mol. The predicted octanol–water partition coefficient (Wildman–Crippen LogP) is 3.82. The van der Waals surface area contributed by atoms with Crippen molar-refractivity contribution in [1.82, 2.24) is 4.98 Å². The lowest BCUT2D eigenvalue weighted by Gasteiger charge is -2.16. The number of carbonyl (C=O) groups excluding carboxylic acids is 2. The number of methoxy groups -OCH3 is 1. The van der Waals surface area contributed by atoms with Crippen LogP contribution in [0.2, 0.25) is 0 Å². The lowest BCUT2D eigenvalue weighted by molar-refractivity contribution is 0.103. The fourth-order valence-electron chi connectivity index (χ4n) is 3.51. The third kappa shape index (κ3) is 4.20. The smallest absolute Gasteiger partial charge is 0.404 e. The van der Waals surface area contributed by atoms with Crippen LogP contribution in [0.4, 0.5) is 4.79 Å². The topological polar surface area (TPSA) is 101 Å². The standard InChI is InChI=1S/C23H24N2O5/c1-4-29-22-19-7-5-6-18(17(19)10-12-25-22)20(26)16-9-8-15(11-13-30-23(24)27)21(28-3)14(16)2/h5-10,12H,4,11,13H2,1-3H3,(H2,24,27). The van der Waals surface area contributed by atoms with Gasteiger partial charge in [0.25, 0.3) is 0 Å². The largest absolute Gasteiger partial charge is 0.496 e. The highest BCUT2D eigenvalue weighted by Crippen LogP contribution is 2.31. The summed E-state index contributed by atoms with van der Waals surface area (Å²) >= 11 is 0. The van der Waals surface area contributed by atoms with E-state index in [0.29, 0.717) is 35.8 Å². The molecule has 2 aromatic carbocycles. The summed E-state index contributed by atoms with van der Waals surface area (Å²) in [6, 6.07) is 10.9. The van der Waals surface area contributed by atoms with Gasteiger partial charge in [-0.05, 0) is 36.9 Å². The Hall–Kier alpha value is -3.61. The van der Waals surface area contributed by atoms with Gasteiger partial charge in [-0.3, -0.25) is 4.79 Å². The Labute approximate surface area is 174 Å². The number of nitrogens with two attached hydrogens (primary N) is 1. The molecule has 0 aliphatic rings. The third-order valence-corrected chi connectivity index (χ3v) is 4.85. The van der Waals surface area contributed by atoms with Gasteiger partial charge in [0.05, 0.1) is 20.3 Å². The molecular formula is C23H24N2O5. The number of pyridine rings is 1. The molecule has 0 aliphatic heterocycles. The minimum atomic E-state index is -0.825. The van der Waals surface area contributed by atoms with Gasteiger partial charge in [0.2, 0.25) is 5.88 Å². The molecule has 1 aromatic heterocycles. The van der Waals surface area contributed by atoms with E-state index < -0.39 is 6.09 Å². The predicted molar refractivity (Wildman–Crippen MR) is 113 cm³/mol. The van der Waals surface area contributed by atoms with E-state index in [2.05, 4.69) is 4.98 Å². The molecule has 7 nitrogen and oxygen atoms in total. The molecule has 1 amide bonds. The summed E-state index contributed by atoms with van der Waals surface area (Å²) in [6.07, 6.45) is 1.24. The molecule has 0 fully saturated rings. The number of hydrogen-bond donors (Lipinski definition) is 1. The summed E-state index contributed by atoms with van der Waals surface area (Å²) in [7, 11) is 1.55. The first kappa shape index (κ1) is 21.1. The molecule has 3 aromatic rings. The van der Waals surface area contributed by atoms with Gasteiger partial charge in [0, 0.05) is 34.7 Å². The maximum atomic E-state index is 13.4. The molecule has 3 rings (SSSR count). The summed E-state index contributed by atoms with van der Waals surface area (Å²) < 4.78 is 16.0. The van der Waals surface area contributed by atoms with Crippen LogP contribution in [0.15, 0.2) is 42.6 Å². The molecule has 2 N–H and O–H groups in total. The van der Waals surface area contributed by atoms with E-state index in [0.717, 1.165) is 21.9 Å². The molecule has 0 aliphatic carbocycles. The normalized spacial score (nSPS) is 10.6. The van der Waals surface area contributed by atoms with Gasteiger partial charge in [-0.2, -0.15) is 0 Å². The fraction of sp³-hybridized carbons (Fsp3) is 0.261. The van der Waals surface area contributed by atoms with Gasteiger partial charge in [0.1, 0.15) is 5.75 Å². The summed E-state index contributed by atoms with van der Waals surface area (Å²) in [6.45, 7) is 4.35. The van der Waals surface area contributed by atoms with Crippen molar-refractivity contribution in [2.45, 2.75) is 20.3 Å². The van der Waals surface area contributed by atoms with Crippen LogP contribution >= 0.6 is 0 Å². The number of aromatic nitrogens is 1. The summed E-state index contributed by atoms with van der Waals surface area (Å²) in [5.74, 6) is 0.972. The number of amides is 1. The van der Waals surface area contributed by atoms with E-state index in [4.69, 9.17) is 19.9 Å². The number of nitrogens with zero attached hydrogens (tertiary/aromatic N) is 1. The van der Waals surface area contributed by atoms with Crippen molar-refractivity contribution in [2.75, 3.05) is 20.3 Å². The second-order valence-corrected chi connectivity index (χ2v) is 6.63. The maximum Gasteiger partial charge on any atom is 0.404 e. The molecule has 0 spiro atoms. The summed E-state index contributed by atoms with van der Waals surface area (Å²) in [4.78, 5) is 28.5. The van der Waals surface area contributed by atoms with E-state index in [-0.39, 0.29) is 12.4 Å². The summed E-state index contributed by atoms with van der Waals surface area (Å²) in [5.41, 5.74) is 7.65. The Bertz CT molecular complexity index is 1090. The lowest BCUT2D eigenvalue weighted by Crippen LogP contribution is -2.15. The highest BCUT2D eigenvalue weighted by Gasteiger charge is 2.20. The molecule has 156 valence electrons. The number of hydrogen-bond acceptors (Lipinski definition) is 6. The van der Waals surface area contributed by atoms with Crippen molar-refractivity contribution in [2.24, 2.45) is 5.73 Å². The zero-order chi connectivity index (χ0) is 21.7. The maximum absolute atomic E-state index is 13.4. The van der Waals surface area contributed by atoms with Crippen molar-refractivity contribution in [3.63, 3.8) is 0 Å². The van der Waals surface area contributed by atoms with E-state index in [1.54, 1.807) is 25.4 Å². The number of primary amides is 1. The molecule has 0 unspecified atom stereocenters. The minimum Gasteiger partial charge on any atom is -0.496 e. The number of rotatable bonds is 8. The first-order valence-corrected chi connectivity index (χ1v) is 9.61. The average molecular weight is 408 g/mol. The molecule has 1 heterocycles. The van der Waals surface area contributed by atoms with E-state index >= 15 is 0 Å². The molecule has 0 atom stereocenters. The Morgan fingerprint density at radius 3 is 2.57 bits per heavy atom. The van der Waals surface area contributed by atoms with Crippen molar-refractivity contribution in [3.8, 4) is 11.6 Å². The van der Waals surface area contributed by atoms with Crippen molar-refractivity contribution in [1.29, 1.82) is 0 Å². The second kappa shape index (κ2) is 9.26. The lowest BCUT2D eigenvalue weighted by atomic mass is 9.93. The first-order chi connectivity index (χ1) is 14.5. The quantitative estimate of drug-likeness (QED) is 0.569. The average Bonchev–Trinajstić information content (AvgIpc) is 2.73. The third-order valence-electron chi connectivity index (χ3n) is 4.85. The van der Waals surface area contributed by atoms with Gasteiger partial charge in [0.15, 0.2) is 5.78 Å². The molecule has 30 heavy (non-hydrogen) atoms. The molecular weight excluding hydrogens is 384 g/mol. The van der Waals surface area contributed by atoms with E-state index in [9.17, 15) is 9.59 Å². The zero-order valence-corrected chi connectivity index (χ0v) is 17.2. The molecule has 7 heteroatoms.